The smallest absolute Gasteiger partial charge is 0.262 e. The highest BCUT2D eigenvalue weighted by atomic mass is 32.2. The topological polar surface area (TPSA) is 122 Å². The number of sulfonamides is 1. The van der Waals surface area contributed by atoms with Crippen molar-refractivity contribution in [3.63, 3.8) is 0 Å². The number of piperidine rings is 1. The Morgan fingerprint density at radius 1 is 1.19 bits per heavy atom. The number of carbonyl (C=O) groups excluding carboxylic acids is 3. The van der Waals surface area contributed by atoms with Gasteiger partial charge >= 0.3 is 0 Å². The molecule has 0 saturated carbocycles. The Labute approximate surface area is 185 Å². The van der Waals surface area contributed by atoms with E-state index in [2.05, 4.69) is 10.6 Å². The zero-order chi connectivity index (χ0) is 22.9. The molecule has 0 spiro atoms. The van der Waals surface area contributed by atoms with E-state index in [0.717, 1.165) is 0 Å². The number of ketones is 1. The van der Waals surface area contributed by atoms with Gasteiger partial charge in [0, 0.05) is 24.3 Å². The van der Waals surface area contributed by atoms with Crippen molar-refractivity contribution >= 4 is 39.0 Å². The van der Waals surface area contributed by atoms with Crippen LogP contribution < -0.4 is 15.4 Å². The van der Waals surface area contributed by atoms with Gasteiger partial charge in [0.15, 0.2) is 12.4 Å². The largest absolute Gasteiger partial charge is 0.482 e. The van der Waals surface area contributed by atoms with Crippen LogP contribution in [-0.2, 0) is 19.6 Å². The van der Waals surface area contributed by atoms with Crippen molar-refractivity contribution in [2.75, 3.05) is 30.3 Å². The predicted molar refractivity (Wildman–Crippen MR) is 117 cm³/mol. The minimum Gasteiger partial charge on any atom is -0.482 e. The Morgan fingerprint density at radius 2 is 2.00 bits per heavy atom. The summed E-state index contributed by atoms with van der Waals surface area (Å²) in [7, 11) is -3.87. The molecule has 32 heavy (non-hydrogen) atoms. The number of hydrogen-bond donors (Lipinski definition) is 2. The average molecular weight is 458 g/mol. The number of nitrogens with zero attached hydrogens (tertiary/aromatic N) is 1. The van der Waals surface area contributed by atoms with Gasteiger partial charge in [0.2, 0.25) is 15.9 Å². The second-order valence-corrected chi connectivity index (χ2v) is 9.76. The number of carbonyl (C=O) groups is 3. The molecule has 1 saturated heterocycles. The van der Waals surface area contributed by atoms with E-state index < -0.39 is 15.9 Å². The Balaban J connectivity index is 1.49. The monoisotopic (exact) mass is 457 g/mol. The van der Waals surface area contributed by atoms with Crippen molar-refractivity contribution in [2.24, 2.45) is 5.92 Å². The maximum Gasteiger partial charge on any atom is 0.262 e. The van der Waals surface area contributed by atoms with Crippen molar-refractivity contribution in [3.8, 4) is 5.75 Å². The van der Waals surface area contributed by atoms with E-state index >= 15 is 0 Å². The van der Waals surface area contributed by atoms with E-state index in [4.69, 9.17) is 4.74 Å². The molecular weight excluding hydrogens is 434 g/mol. The van der Waals surface area contributed by atoms with Crippen molar-refractivity contribution in [3.05, 3.63) is 48.0 Å². The fraction of sp³-hybridized carbons (Fsp3) is 0.318. The quantitative estimate of drug-likeness (QED) is 0.664. The number of nitrogens with one attached hydrogen (secondary N) is 2. The number of amides is 2. The highest BCUT2D eigenvalue weighted by Gasteiger charge is 2.34. The first kappa shape index (κ1) is 22.0. The molecule has 2 aromatic carbocycles. The molecule has 0 aliphatic carbocycles. The summed E-state index contributed by atoms with van der Waals surface area (Å²) in [5.74, 6) is -0.873. The average Bonchev–Trinajstić information content (AvgIpc) is 2.78. The minimum atomic E-state index is -3.87. The zero-order valence-corrected chi connectivity index (χ0v) is 18.3. The molecule has 0 unspecified atom stereocenters. The lowest BCUT2D eigenvalue weighted by Gasteiger charge is -2.31. The van der Waals surface area contributed by atoms with E-state index in [0.29, 0.717) is 42.1 Å². The van der Waals surface area contributed by atoms with Gasteiger partial charge in [-0.3, -0.25) is 14.4 Å². The molecule has 2 N–H and O–H groups in total. The van der Waals surface area contributed by atoms with Gasteiger partial charge in [-0.15, -0.1) is 0 Å². The van der Waals surface area contributed by atoms with Crippen LogP contribution in [0.15, 0.2) is 47.4 Å². The van der Waals surface area contributed by atoms with E-state index in [9.17, 15) is 22.8 Å². The van der Waals surface area contributed by atoms with Crippen LogP contribution >= 0.6 is 0 Å². The molecule has 0 aromatic heterocycles. The maximum absolute atomic E-state index is 13.2. The van der Waals surface area contributed by atoms with E-state index in [1.165, 1.54) is 29.4 Å². The van der Waals surface area contributed by atoms with Gasteiger partial charge in [-0.1, -0.05) is 12.1 Å². The molecular formula is C22H23N3O6S. The molecule has 2 amide bonds. The molecule has 2 heterocycles. The van der Waals surface area contributed by atoms with E-state index in [1.54, 1.807) is 24.3 Å². The number of benzene rings is 2. The highest BCUT2D eigenvalue weighted by Crippen LogP contribution is 2.32. The number of rotatable bonds is 5. The van der Waals surface area contributed by atoms with Gasteiger partial charge in [0.1, 0.15) is 5.75 Å². The van der Waals surface area contributed by atoms with Gasteiger partial charge in [-0.05, 0) is 50.1 Å². The molecule has 1 fully saturated rings. The van der Waals surface area contributed by atoms with Gasteiger partial charge in [-0.2, -0.15) is 4.31 Å². The van der Waals surface area contributed by atoms with Gasteiger partial charge in [0.25, 0.3) is 5.91 Å². The molecule has 168 valence electrons. The Bertz CT molecular complexity index is 1190. The Hall–Kier alpha value is -3.24. The summed E-state index contributed by atoms with van der Waals surface area (Å²) in [5, 5.41) is 5.39. The summed E-state index contributed by atoms with van der Waals surface area (Å²) in [4.78, 5) is 35.9. The van der Waals surface area contributed by atoms with Crippen LogP contribution in [0.1, 0.15) is 30.1 Å². The second-order valence-electron chi connectivity index (χ2n) is 7.82. The molecule has 9 nitrogen and oxygen atoms in total. The molecule has 2 aromatic rings. The van der Waals surface area contributed by atoms with Crippen molar-refractivity contribution in [1.82, 2.24) is 4.31 Å². The number of fused-ring (bicyclic) bond motifs is 1. The van der Waals surface area contributed by atoms with Crippen LogP contribution in [0.3, 0.4) is 0 Å². The van der Waals surface area contributed by atoms with Crippen molar-refractivity contribution in [2.45, 2.75) is 24.7 Å². The number of anilines is 2. The Kier molecular flexibility index (Phi) is 5.98. The summed E-state index contributed by atoms with van der Waals surface area (Å²) < 4.78 is 33.0. The standard InChI is InChI=1S/C22H23N3O6S/c1-14(26)15-4-2-6-17(10-15)23-22(28)16-5-3-9-25(12-16)32(29,30)18-7-8-20-19(11-18)24-21(27)13-31-20/h2,4,6-8,10-11,16H,3,5,9,12-13H2,1H3,(H,23,28)(H,24,27)/t16-/m1/s1. The predicted octanol–water partition coefficient (Wildman–Crippen LogP) is 2.26. The lowest BCUT2D eigenvalue weighted by Crippen LogP contribution is -2.43. The normalized spacial score (nSPS) is 18.8. The van der Waals surface area contributed by atoms with E-state index in [-0.39, 0.29) is 35.6 Å². The zero-order valence-electron chi connectivity index (χ0n) is 17.5. The van der Waals surface area contributed by atoms with Crippen LogP contribution in [0.2, 0.25) is 0 Å². The molecule has 2 aliphatic rings. The van der Waals surface area contributed by atoms with Crippen molar-refractivity contribution in [1.29, 1.82) is 0 Å². The summed E-state index contributed by atoms with van der Waals surface area (Å²) in [6, 6.07) is 11.0. The first-order valence-electron chi connectivity index (χ1n) is 10.2. The first-order chi connectivity index (χ1) is 15.2. The molecule has 4 rings (SSSR count). The van der Waals surface area contributed by atoms with Gasteiger partial charge in [-0.25, -0.2) is 8.42 Å². The molecule has 10 heteroatoms. The fourth-order valence-corrected chi connectivity index (χ4v) is 5.36. The summed E-state index contributed by atoms with van der Waals surface area (Å²) >= 11 is 0. The van der Waals surface area contributed by atoms with Crippen LogP contribution in [0.5, 0.6) is 5.75 Å². The highest BCUT2D eigenvalue weighted by molar-refractivity contribution is 7.89. The second kappa shape index (κ2) is 8.71. The van der Waals surface area contributed by atoms with Crippen LogP contribution in [0, 0.1) is 5.92 Å². The van der Waals surface area contributed by atoms with E-state index in [1.807, 2.05) is 0 Å². The molecule has 0 bridgehead atoms. The van der Waals surface area contributed by atoms with Crippen molar-refractivity contribution < 1.29 is 27.5 Å². The summed E-state index contributed by atoms with van der Waals surface area (Å²) in [6.07, 6.45) is 1.09. The SMILES string of the molecule is CC(=O)c1cccc(NC(=O)[C@@H]2CCCN(S(=O)(=O)c3ccc4c(c3)NC(=O)CO4)C2)c1. The minimum absolute atomic E-state index is 0.0252. The molecule has 2 aliphatic heterocycles. The number of Topliss-reactive ketones (excluding diaryl/α,β-unsaturated/α-hetero) is 1. The number of ether oxygens (including phenoxy) is 1. The van der Waals surface area contributed by atoms with Gasteiger partial charge in [0.05, 0.1) is 16.5 Å². The molecule has 1 atom stereocenters. The number of hydrogen-bond acceptors (Lipinski definition) is 6. The molecule has 0 radical (unpaired) electrons. The fourth-order valence-electron chi connectivity index (χ4n) is 3.81. The first-order valence-corrected chi connectivity index (χ1v) is 11.7. The third-order valence-electron chi connectivity index (χ3n) is 5.51. The summed E-state index contributed by atoms with van der Waals surface area (Å²) in [5.41, 5.74) is 1.28. The third-order valence-corrected chi connectivity index (χ3v) is 7.37. The summed E-state index contributed by atoms with van der Waals surface area (Å²) in [6.45, 7) is 1.67. The van der Waals surface area contributed by atoms with Crippen LogP contribution in [0.4, 0.5) is 11.4 Å². The van der Waals surface area contributed by atoms with Gasteiger partial charge < -0.3 is 15.4 Å². The maximum atomic E-state index is 13.2. The lowest BCUT2D eigenvalue weighted by molar-refractivity contribution is -0.121. The lowest BCUT2D eigenvalue weighted by atomic mass is 9.98. The van der Waals surface area contributed by atoms with Crippen LogP contribution in [0.25, 0.3) is 0 Å². The Morgan fingerprint density at radius 3 is 2.78 bits per heavy atom. The third kappa shape index (κ3) is 4.51. The van der Waals surface area contributed by atoms with Crippen LogP contribution in [-0.4, -0.2) is 50.0 Å².